The average molecular weight is 275 g/mol. The number of sulfone groups is 1. The van der Waals surface area contributed by atoms with Crippen LogP contribution >= 0.6 is 0 Å². The highest BCUT2D eigenvalue weighted by Gasteiger charge is 2.14. The Bertz CT molecular complexity index is 692. The number of benzene rings is 1. The van der Waals surface area contributed by atoms with E-state index in [1.54, 1.807) is 13.0 Å². The molecule has 3 nitrogen and oxygen atoms in total. The summed E-state index contributed by atoms with van der Waals surface area (Å²) in [4.78, 5) is 4.68. The van der Waals surface area contributed by atoms with Gasteiger partial charge in [0.05, 0.1) is 10.6 Å². The van der Waals surface area contributed by atoms with Crippen molar-refractivity contribution >= 4 is 9.84 Å². The summed E-state index contributed by atoms with van der Waals surface area (Å²) in [6.07, 6.45) is 1.92. The molecule has 0 saturated carbocycles. The smallest absolute Gasteiger partial charge is 0.177 e. The molecule has 0 amide bonds. The Morgan fingerprint density at radius 3 is 2.26 bits per heavy atom. The first kappa shape index (κ1) is 13.7. The van der Waals surface area contributed by atoms with E-state index in [9.17, 15) is 8.42 Å². The third-order valence-corrected chi connectivity index (χ3v) is 4.31. The van der Waals surface area contributed by atoms with Crippen LogP contribution in [0.15, 0.2) is 41.3 Å². The highest BCUT2D eigenvalue weighted by Crippen LogP contribution is 2.20. The van der Waals surface area contributed by atoms with Crippen molar-refractivity contribution < 1.29 is 8.42 Å². The lowest BCUT2D eigenvalue weighted by molar-refractivity contribution is 0.600. The molecule has 19 heavy (non-hydrogen) atoms. The van der Waals surface area contributed by atoms with Gasteiger partial charge in [-0.1, -0.05) is 30.3 Å². The molecule has 1 aromatic carbocycles. The third-order valence-electron chi connectivity index (χ3n) is 3.10. The van der Waals surface area contributed by atoms with Gasteiger partial charge in [-0.15, -0.1) is 0 Å². The van der Waals surface area contributed by atoms with Gasteiger partial charge in [0, 0.05) is 11.9 Å². The van der Waals surface area contributed by atoms with Crippen molar-refractivity contribution in [3.05, 3.63) is 58.9 Å². The Morgan fingerprint density at radius 1 is 1.05 bits per heavy atom. The number of pyridine rings is 1. The highest BCUT2D eigenvalue weighted by atomic mass is 32.2. The first-order valence-corrected chi connectivity index (χ1v) is 7.98. The summed E-state index contributed by atoms with van der Waals surface area (Å²) >= 11 is 0. The van der Waals surface area contributed by atoms with Gasteiger partial charge < -0.3 is 0 Å². The maximum absolute atomic E-state index is 11.7. The molecule has 0 N–H and O–H groups in total. The standard InChI is InChI=1S/C15H17NO2S/c1-11-14(9-13-7-5-4-6-8-13)10-15(12(2)16-11)19(3,17)18/h4-8,10H,9H2,1-3H3. The first-order valence-electron chi connectivity index (χ1n) is 6.09. The summed E-state index contributed by atoms with van der Waals surface area (Å²) < 4.78 is 23.5. The third kappa shape index (κ3) is 3.20. The predicted molar refractivity (Wildman–Crippen MR) is 76.1 cm³/mol. The second kappa shape index (κ2) is 5.13. The first-order chi connectivity index (χ1) is 8.88. The van der Waals surface area contributed by atoms with Gasteiger partial charge in [0.25, 0.3) is 0 Å². The molecule has 2 rings (SSSR count). The lowest BCUT2D eigenvalue weighted by Crippen LogP contribution is -2.06. The van der Waals surface area contributed by atoms with Crippen LogP contribution in [0.25, 0.3) is 0 Å². The van der Waals surface area contributed by atoms with Crippen molar-refractivity contribution in [2.75, 3.05) is 6.26 Å². The van der Waals surface area contributed by atoms with E-state index in [0.29, 0.717) is 17.0 Å². The summed E-state index contributed by atoms with van der Waals surface area (Å²) in [5.74, 6) is 0. The van der Waals surface area contributed by atoms with Crippen LogP contribution < -0.4 is 0 Å². The van der Waals surface area contributed by atoms with Crippen molar-refractivity contribution in [2.45, 2.75) is 25.2 Å². The fraction of sp³-hybridized carbons (Fsp3) is 0.267. The molecule has 100 valence electrons. The van der Waals surface area contributed by atoms with Crippen LogP contribution in [0.5, 0.6) is 0 Å². The highest BCUT2D eigenvalue weighted by molar-refractivity contribution is 7.90. The fourth-order valence-electron chi connectivity index (χ4n) is 2.12. The van der Waals surface area contributed by atoms with Crippen LogP contribution in [-0.4, -0.2) is 19.7 Å². The number of aromatic nitrogens is 1. The molecule has 0 saturated heterocycles. The van der Waals surface area contributed by atoms with Crippen LogP contribution in [0.2, 0.25) is 0 Å². The van der Waals surface area contributed by atoms with Crippen molar-refractivity contribution in [3.8, 4) is 0 Å². The normalized spacial score (nSPS) is 11.5. The summed E-state index contributed by atoms with van der Waals surface area (Å²) in [5, 5.41) is 0. The molecule has 2 aromatic rings. The van der Waals surface area contributed by atoms with Crippen LogP contribution in [-0.2, 0) is 16.3 Å². The van der Waals surface area contributed by atoms with Crippen LogP contribution in [0.1, 0.15) is 22.5 Å². The van der Waals surface area contributed by atoms with Crippen LogP contribution in [0.4, 0.5) is 0 Å². The topological polar surface area (TPSA) is 47.0 Å². The van der Waals surface area contributed by atoms with Gasteiger partial charge in [0.2, 0.25) is 0 Å². The van der Waals surface area contributed by atoms with E-state index in [2.05, 4.69) is 4.98 Å². The quantitative estimate of drug-likeness (QED) is 0.865. The van der Waals surface area contributed by atoms with Gasteiger partial charge in [-0.05, 0) is 37.5 Å². The number of aryl methyl sites for hydroxylation is 2. The van der Waals surface area contributed by atoms with E-state index >= 15 is 0 Å². The molecule has 0 aliphatic carbocycles. The van der Waals surface area contributed by atoms with Crippen LogP contribution in [0.3, 0.4) is 0 Å². The second-order valence-electron chi connectivity index (χ2n) is 4.75. The molecule has 0 aliphatic rings. The molecule has 0 fully saturated rings. The van der Waals surface area contributed by atoms with Gasteiger partial charge in [0.15, 0.2) is 9.84 Å². The Kier molecular flexibility index (Phi) is 3.71. The summed E-state index contributed by atoms with van der Waals surface area (Å²) in [6, 6.07) is 11.7. The lowest BCUT2D eigenvalue weighted by atomic mass is 10.0. The van der Waals surface area contributed by atoms with Gasteiger partial charge in [-0.25, -0.2) is 8.42 Å². The minimum Gasteiger partial charge on any atom is -0.257 e. The molecule has 0 aliphatic heterocycles. The molecule has 0 radical (unpaired) electrons. The minimum atomic E-state index is -3.23. The Morgan fingerprint density at radius 2 is 1.68 bits per heavy atom. The molecular weight excluding hydrogens is 258 g/mol. The molecule has 0 bridgehead atoms. The number of rotatable bonds is 3. The predicted octanol–water partition coefficient (Wildman–Crippen LogP) is 2.69. The molecule has 0 spiro atoms. The summed E-state index contributed by atoms with van der Waals surface area (Å²) in [7, 11) is -3.23. The largest absolute Gasteiger partial charge is 0.257 e. The monoisotopic (exact) mass is 275 g/mol. The van der Waals surface area contributed by atoms with E-state index < -0.39 is 9.84 Å². The van der Waals surface area contributed by atoms with Crippen molar-refractivity contribution in [1.82, 2.24) is 4.98 Å². The zero-order chi connectivity index (χ0) is 14.0. The van der Waals surface area contributed by atoms with Crippen molar-refractivity contribution in [2.24, 2.45) is 0 Å². The fourth-order valence-corrected chi connectivity index (χ4v) is 3.05. The molecule has 0 unspecified atom stereocenters. The van der Waals surface area contributed by atoms with E-state index in [1.807, 2.05) is 37.3 Å². The van der Waals surface area contributed by atoms with Gasteiger partial charge >= 0.3 is 0 Å². The average Bonchev–Trinajstić information content (AvgIpc) is 2.32. The summed E-state index contributed by atoms with van der Waals surface area (Å²) in [6.45, 7) is 3.65. The minimum absolute atomic E-state index is 0.323. The zero-order valence-corrected chi connectivity index (χ0v) is 12.2. The molecule has 4 heteroatoms. The molecule has 1 heterocycles. The lowest BCUT2D eigenvalue weighted by Gasteiger charge is -2.10. The SMILES string of the molecule is Cc1nc(C)c(S(C)(=O)=O)cc1Cc1ccccc1. The molecule has 0 atom stereocenters. The second-order valence-corrected chi connectivity index (χ2v) is 6.74. The van der Waals surface area contributed by atoms with Crippen LogP contribution in [0, 0.1) is 13.8 Å². The van der Waals surface area contributed by atoms with Crippen molar-refractivity contribution in [1.29, 1.82) is 0 Å². The number of nitrogens with zero attached hydrogens (tertiary/aromatic N) is 1. The Labute approximate surface area is 114 Å². The van der Waals surface area contributed by atoms with E-state index in [0.717, 1.165) is 16.8 Å². The maximum Gasteiger partial charge on any atom is 0.177 e. The van der Waals surface area contributed by atoms with E-state index in [1.165, 1.54) is 6.26 Å². The van der Waals surface area contributed by atoms with Crippen molar-refractivity contribution in [3.63, 3.8) is 0 Å². The Balaban J connectivity index is 2.47. The summed E-state index contributed by atoms with van der Waals surface area (Å²) in [5.41, 5.74) is 3.55. The van der Waals surface area contributed by atoms with Gasteiger partial charge in [-0.3, -0.25) is 4.98 Å². The number of hydrogen-bond acceptors (Lipinski definition) is 3. The zero-order valence-electron chi connectivity index (χ0n) is 11.3. The molecule has 1 aromatic heterocycles. The van der Waals surface area contributed by atoms with E-state index in [4.69, 9.17) is 0 Å². The molecular formula is C15H17NO2S. The maximum atomic E-state index is 11.7. The number of hydrogen-bond donors (Lipinski definition) is 0. The van der Waals surface area contributed by atoms with Gasteiger partial charge in [0.1, 0.15) is 0 Å². The van der Waals surface area contributed by atoms with Gasteiger partial charge in [-0.2, -0.15) is 0 Å². The Hall–Kier alpha value is -1.68. The van der Waals surface area contributed by atoms with E-state index in [-0.39, 0.29) is 0 Å².